The Labute approximate surface area is 120 Å². The first-order chi connectivity index (χ1) is 9.79. The van der Waals surface area contributed by atoms with Gasteiger partial charge < -0.3 is 9.64 Å². The van der Waals surface area contributed by atoms with Crippen molar-refractivity contribution >= 4 is 11.9 Å². The maximum Gasteiger partial charge on any atom is 0.307 e. The van der Waals surface area contributed by atoms with Gasteiger partial charge in [0.2, 0.25) is 0 Å². The van der Waals surface area contributed by atoms with Gasteiger partial charge in [-0.3, -0.25) is 9.59 Å². The molecule has 0 heterocycles. The highest BCUT2D eigenvalue weighted by Crippen LogP contribution is 2.18. The Bertz CT molecular complexity index is 547. The van der Waals surface area contributed by atoms with Crippen molar-refractivity contribution in [2.45, 2.75) is 26.3 Å². The SMILES string of the molecule is COC(=O)CCN(C(=O)c1ccc(F)c(F)c1F)C(C)C. The normalized spacial score (nSPS) is 10.6. The monoisotopic (exact) mass is 303 g/mol. The van der Waals surface area contributed by atoms with Crippen molar-refractivity contribution in [1.29, 1.82) is 0 Å². The molecule has 0 N–H and O–H groups in total. The number of rotatable bonds is 5. The predicted molar refractivity (Wildman–Crippen MR) is 69.1 cm³/mol. The van der Waals surface area contributed by atoms with Crippen LogP contribution in [-0.2, 0) is 9.53 Å². The summed E-state index contributed by atoms with van der Waals surface area (Å²) < 4.78 is 44.2. The van der Waals surface area contributed by atoms with Gasteiger partial charge in [-0.25, -0.2) is 13.2 Å². The molecule has 0 aliphatic heterocycles. The maximum absolute atomic E-state index is 13.6. The standard InChI is InChI=1S/C14H16F3NO3/c1-8(2)18(7-6-11(19)21-3)14(20)9-4-5-10(15)13(17)12(9)16/h4-5,8H,6-7H2,1-3H3. The van der Waals surface area contributed by atoms with Crippen molar-refractivity contribution < 1.29 is 27.5 Å². The molecule has 4 nitrogen and oxygen atoms in total. The second-order valence-corrected chi connectivity index (χ2v) is 4.64. The van der Waals surface area contributed by atoms with Gasteiger partial charge in [0.25, 0.3) is 5.91 Å². The minimum Gasteiger partial charge on any atom is -0.469 e. The van der Waals surface area contributed by atoms with E-state index in [0.29, 0.717) is 6.07 Å². The highest BCUT2D eigenvalue weighted by molar-refractivity contribution is 5.95. The number of benzene rings is 1. The van der Waals surface area contributed by atoms with Gasteiger partial charge >= 0.3 is 5.97 Å². The third-order valence-corrected chi connectivity index (χ3v) is 2.93. The second kappa shape index (κ2) is 7.10. The number of methoxy groups -OCH3 is 1. The molecular formula is C14H16F3NO3. The summed E-state index contributed by atoms with van der Waals surface area (Å²) in [6, 6.07) is 1.21. The van der Waals surface area contributed by atoms with Gasteiger partial charge in [-0.15, -0.1) is 0 Å². The quantitative estimate of drug-likeness (QED) is 0.620. The Balaban J connectivity index is 3.01. The van der Waals surface area contributed by atoms with Crippen LogP contribution in [0.1, 0.15) is 30.6 Å². The second-order valence-electron chi connectivity index (χ2n) is 4.64. The molecule has 1 rings (SSSR count). The fraction of sp³-hybridized carbons (Fsp3) is 0.429. The summed E-state index contributed by atoms with van der Waals surface area (Å²) in [5, 5.41) is 0. The van der Waals surface area contributed by atoms with E-state index in [0.717, 1.165) is 6.07 Å². The zero-order valence-corrected chi connectivity index (χ0v) is 12.0. The molecule has 0 aromatic heterocycles. The van der Waals surface area contributed by atoms with Crippen molar-refractivity contribution in [2.75, 3.05) is 13.7 Å². The summed E-state index contributed by atoms with van der Waals surface area (Å²) >= 11 is 0. The van der Waals surface area contributed by atoms with Crippen LogP contribution in [0.25, 0.3) is 0 Å². The zero-order chi connectivity index (χ0) is 16.2. The molecule has 116 valence electrons. The molecule has 1 aromatic carbocycles. The number of esters is 1. The van der Waals surface area contributed by atoms with Gasteiger partial charge in [-0.1, -0.05) is 0 Å². The molecule has 7 heteroatoms. The van der Waals surface area contributed by atoms with E-state index in [1.807, 2.05) is 0 Å². The summed E-state index contributed by atoms with van der Waals surface area (Å²) in [5.74, 6) is -5.94. The number of nitrogens with zero attached hydrogens (tertiary/aromatic N) is 1. The van der Waals surface area contributed by atoms with Crippen LogP contribution >= 0.6 is 0 Å². The van der Waals surface area contributed by atoms with Crippen LogP contribution in [0.2, 0.25) is 0 Å². The van der Waals surface area contributed by atoms with Crippen molar-refractivity contribution in [1.82, 2.24) is 4.90 Å². The van der Waals surface area contributed by atoms with Gasteiger partial charge in [0.05, 0.1) is 19.1 Å². The fourth-order valence-electron chi connectivity index (χ4n) is 1.75. The Morgan fingerprint density at radius 1 is 1.19 bits per heavy atom. The molecule has 0 fully saturated rings. The lowest BCUT2D eigenvalue weighted by Crippen LogP contribution is -2.39. The topological polar surface area (TPSA) is 46.6 Å². The molecule has 0 aliphatic rings. The van der Waals surface area contributed by atoms with Gasteiger partial charge in [0, 0.05) is 12.6 Å². The summed E-state index contributed by atoms with van der Waals surface area (Å²) in [5.41, 5.74) is -0.576. The van der Waals surface area contributed by atoms with Crippen molar-refractivity contribution in [3.8, 4) is 0 Å². The average molecular weight is 303 g/mol. The number of amides is 1. The van der Waals surface area contributed by atoms with Gasteiger partial charge in [0.15, 0.2) is 17.5 Å². The molecule has 0 unspecified atom stereocenters. The minimum absolute atomic E-state index is 0.0123. The van der Waals surface area contributed by atoms with Crippen LogP contribution in [0, 0.1) is 17.5 Å². The van der Waals surface area contributed by atoms with E-state index in [2.05, 4.69) is 4.74 Å². The van der Waals surface area contributed by atoms with Crippen LogP contribution in [0.4, 0.5) is 13.2 Å². The minimum atomic E-state index is -1.70. The highest BCUT2D eigenvalue weighted by atomic mass is 19.2. The maximum atomic E-state index is 13.6. The number of halogens is 3. The smallest absolute Gasteiger partial charge is 0.307 e. The lowest BCUT2D eigenvalue weighted by atomic mass is 10.1. The highest BCUT2D eigenvalue weighted by Gasteiger charge is 2.25. The van der Waals surface area contributed by atoms with Crippen LogP contribution in [-0.4, -0.2) is 36.5 Å². The first-order valence-electron chi connectivity index (χ1n) is 6.30. The molecule has 0 radical (unpaired) electrons. The summed E-state index contributed by atoms with van der Waals surface area (Å²) in [6.45, 7) is 3.31. The lowest BCUT2D eigenvalue weighted by Gasteiger charge is -2.26. The number of carbonyl (C=O) groups is 2. The van der Waals surface area contributed by atoms with Crippen LogP contribution in [0.5, 0.6) is 0 Å². The molecular weight excluding hydrogens is 287 g/mol. The van der Waals surface area contributed by atoms with Crippen molar-refractivity contribution in [3.63, 3.8) is 0 Å². The number of carbonyl (C=O) groups excluding carboxylic acids is 2. The number of hydrogen-bond donors (Lipinski definition) is 0. The van der Waals surface area contributed by atoms with Crippen molar-refractivity contribution in [2.24, 2.45) is 0 Å². The van der Waals surface area contributed by atoms with E-state index < -0.39 is 34.9 Å². The van der Waals surface area contributed by atoms with E-state index in [1.54, 1.807) is 13.8 Å². The average Bonchev–Trinajstić information content (AvgIpc) is 2.44. The summed E-state index contributed by atoms with van der Waals surface area (Å²) in [6.07, 6.45) is -0.0777. The molecule has 0 spiro atoms. The summed E-state index contributed by atoms with van der Waals surface area (Å²) in [4.78, 5) is 24.5. The predicted octanol–water partition coefficient (Wildman–Crippen LogP) is 2.52. The number of hydrogen-bond acceptors (Lipinski definition) is 3. The third kappa shape index (κ3) is 3.96. The van der Waals surface area contributed by atoms with Gasteiger partial charge in [-0.05, 0) is 26.0 Å². The molecule has 1 amide bonds. The Kier molecular flexibility index (Phi) is 5.75. The van der Waals surface area contributed by atoms with Gasteiger partial charge in [-0.2, -0.15) is 0 Å². The Hall–Kier alpha value is -2.05. The van der Waals surface area contributed by atoms with Crippen LogP contribution in [0.3, 0.4) is 0 Å². The van der Waals surface area contributed by atoms with Crippen LogP contribution in [0.15, 0.2) is 12.1 Å². The molecule has 21 heavy (non-hydrogen) atoms. The fourth-order valence-corrected chi connectivity index (χ4v) is 1.75. The molecule has 0 saturated heterocycles. The molecule has 0 saturated carbocycles. The molecule has 0 aliphatic carbocycles. The Morgan fingerprint density at radius 3 is 2.33 bits per heavy atom. The largest absolute Gasteiger partial charge is 0.469 e. The zero-order valence-electron chi connectivity index (χ0n) is 12.0. The third-order valence-electron chi connectivity index (χ3n) is 2.93. The molecule has 1 aromatic rings. The van der Waals surface area contributed by atoms with E-state index in [-0.39, 0.29) is 19.0 Å². The Morgan fingerprint density at radius 2 is 1.81 bits per heavy atom. The first-order valence-corrected chi connectivity index (χ1v) is 6.30. The van der Waals surface area contributed by atoms with E-state index in [1.165, 1.54) is 12.0 Å². The molecule has 0 bridgehead atoms. The number of ether oxygens (including phenoxy) is 1. The summed E-state index contributed by atoms with van der Waals surface area (Å²) in [7, 11) is 1.21. The van der Waals surface area contributed by atoms with Crippen molar-refractivity contribution in [3.05, 3.63) is 35.1 Å². The lowest BCUT2D eigenvalue weighted by molar-refractivity contribution is -0.140. The molecule has 0 atom stereocenters. The van der Waals surface area contributed by atoms with Crippen LogP contribution < -0.4 is 0 Å². The van der Waals surface area contributed by atoms with E-state index in [4.69, 9.17) is 0 Å². The first kappa shape index (κ1) is 17.0. The van der Waals surface area contributed by atoms with Gasteiger partial charge in [0.1, 0.15) is 0 Å². The van der Waals surface area contributed by atoms with E-state index in [9.17, 15) is 22.8 Å². The van der Waals surface area contributed by atoms with E-state index >= 15 is 0 Å².